The lowest BCUT2D eigenvalue weighted by atomic mass is 10.2. The van der Waals surface area contributed by atoms with E-state index >= 15 is 0 Å². The number of amides is 1. The second-order valence-electron chi connectivity index (χ2n) is 4.09. The highest BCUT2D eigenvalue weighted by Crippen LogP contribution is 2.18. The molecule has 2 rings (SSSR count). The van der Waals surface area contributed by atoms with E-state index in [4.69, 9.17) is 0 Å². The van der Waals surface area contributed by atoms with Gasteiger partial charge < -0.3 is 5.32 Å². The summed E-state index contributed by atoms with van der Waals surface area (Å²) < 4.78 is 1.37. The van der Waals surface area contributed by atoms with Gasteiger partial charge in [0.1, 0.15) is 0 Å². The first-order valence-corrected chi connectivity index (χ1v) is 7.35. The predicted octanol–water partition coefficient (Wildman–Crippen LogP) is 4.21. The minimum absolute atomic E-state index is 0.756. The van der Waals surface area contributed by atoms with Crippen molar-refractivity contribution in [3.8, 4) is 0 Å². The van der Waals surface area contributed by atoms with Crippen LogP contribution in [0.15, 0.2) is 35.7 Å². The SMILES string of the molecule is CCCCCCNC=O.c1ccc2sccc2c1. The molecule has 0 atom stereocenters. The first kappa shape index (κ1) is 14.7. The second-order valence-corrected chi connectivity index (χ2v) is 5.04. The van der Waals surface area contributed by atoms with E-state index in [1.54, 1.807) is 11.3 Å². The van der Waals surface area contributed by atoms with Crippen molar-refractivity contribution in [2.24, 2.45) is 0 Å². The first-order valence-electron chi connectivity index (χ1n) is 6.47. The van der Waals surface area contributed by atoms with E-state index in [1.807, 2.05) is 0 Å². The Bertz CT molecular complexity index is 408. The van der Waals surface area contributed by atoms with Crippen LogP contribution in [0.25, 0.3) is 10.1 Å². The molecule has 0 saturated heterocycles. The smallest absolute Gasteiger partial charge is 0.207 e. The molecule has 0 aliphatic heterocycles. The summed E-state index contributed by atoms with van der Waals surface area (Å²) in [5.41, 5.74) is 0. The van der Waals surface area contributed by atoms with Crippen molar-refractivity contribution in [1.29, 1.82) is 0 Å². The van der Waals surface area contributed by atoms with Crippen LogP contribution in [-0.2, 0) is 4.79 Å². The van der Waals surface area contributed by atoms with Gasteiger partial charge in [-0.05, 0) is 29.3 Å². The Labute approximate surface area is 113 Å². The fourth-order valence-electron chi connectivity index (χ4n) is 1.62. The number of hydrogen-bond acceptors (Lipinski definition) is 2. The summed E-state index contributed by atoms with van der Waals surface area (Å²) >= 11 is 1.79. The zero-order valence-electron chi connectivity index (χ0n) is 10.9. The van der Waals surface area contributed by atoms with Crippen molar-refractivity contribution in [3.63, 3.8) is 0 Å². The normalized spacial score (nSPS) is 9.61. The number of nitrogens with one attached hydrogen (secondary N) is 1. The van der Waals surface area contributed by atoms with Crippen molar-refractivity contribution in [3.05, 3.63) is 35.7 Å². The highest BCUT2D eigenvalue weighted by molar-refractivity contribution is 7.17. The molecule has 1 heterocycles. The van der Waals surface area contributed by atoms with Crippen LogP contribution in [0.1, 0.15) is 32.6 Å². The Kier molecular flexibility index (Phi) is 7.89. The van der Waals surface area contributed by atoms with E-state index < -0.39 is 0 Å². The van der Waals surface area contributed by atoms with E-state index in [-0.39, 0.29) is 0 Å². The lowest BCUT2D eigenvalue weighted by Crippen LogP contribution is -2.11. The molecule has 0 saturated carbocycles. The number of carbonyl (C=O) groups excluding carboxylic acids is 1. The Morgan fingerprint density at radius 1 is 1.17 bits per heavy atom. The van der Waals surface area contributed by atoms with Gasteiger partial charge in [-0.1, -0.05) is 44.4 Å². The third-order valence-corrected chi connectivity index (χ3v) is 3.52. The third kappa shape index (κ3) is 5.82. The van der Waals surface area contributed by atoms with Crippen LogP contribution in [-0.4, -0.2) is 13.0 Å². The summed E-state index contributed by atoms with van der Waals surface area (Å²) in [4.78, 5) is 9.73. The van der Waals surface area contributed by atoms with Crippen LogP contribution >= 0.6 is 11.3 Å². The molecule has 98 valence electrons. The number of unbranched alkanes of at least 4 members (excludes halogenated alkanes) is 3. The highest BCUT2D eigenvalue weighted by Gasteiger charge is 1.88. The Morgan fingerprint density at radius 2 is 2.00 bits per heavy atom. The summed E-state index contributed by atoms with van der Waals surface area (Å²) in [6.07, 6.45) is 5.64. The van der Waals surface area contributed by atoms with Gasteiger partial charge in [-0.15, -0.1) is 11.3 Å². The Balaban J connectivity index is 0.000000180. The Morgan fingerprint density at radius 3 is 2.72 bits per heavy atom. The van der Waals surface area contributed by atoms with Crippen molar-refractivity contribution < 1.29 is 4.79 Å². The summed E-state index contributed by atoms with van der Waals surface area (Å²) in [6.45, 7) is 3.01. The number of hydrogen-bond donors (Lipinski definition) is 1. The van der Waals surface area contributed by atoms with Crippen molar-refractivity contribution in [1.82, 2.24) is 5.32 Å². The second kappa shape index (κ2) is 9.66. The van der Waals surface area contributed by atoms with Crippen LogP contribution in [0.3, 0.4) is 0 Å². The summed E-state index contributed by atoms with van der Waals surface area (Å²) in [5, 5.41) is 6.09. The third-order valence-electron chi connectivity index (χ3n) is 2.62. The summed E-state index contributed by atoms with van der Waals surface area (Å²) in [5.74, 6) is 0. The quantitative estimate of drug-likeness (QED) is 0.614. The van der Waals surface area contributed by atoms with Gasteiger partial charge >= 0.3 is 0 Å². The van der Waals surface area contributed by atoms with Gasteiger partial charge in [-0.3, -0.25) is 4.79 Å². The molecule has 0 aliphatic carbocycles. The molecule has 0 radical (unpaired) electrons. The molecular weight excluding hydrogens is 242 g/mol. The average molecular weight is 263 g/mol. The van der Waals surface area contributed by atoms with Crippen molar-refractivity contribution in [2.45, 2.75) is 32.6 Å². The van der Waals surface area contributed by atoms with E-state index in [2.05, 4.69) is 48.0 Å². The highest BCUT2D eigenvalue weighted by atomic mass is 32.1. The first-order chi connectivity index (χ1) is 8.88. The number of fused-ring (bicyclic) bond motifs is 1. The fourth-order valence-corrected chi connectivity index (χ4v) is 2.41. The van der Waals surface area contributed by atoms with Gasteiger partial charge in [-0.2, -0.15) is 0 Å². The lowest BCUT2D eigenvalue weighted by Gasteiger charge is -1.96. The van der Waals surface area contributed by atoms with E-state index in [1.165, 1.54) is 29.3 Å². The number of thiophene rings is 1. The Hall–Kier alpha value is -1.35. The molecule has 2 nitrogen and oxygen atoms in total. The van der Waals surface area contributed by atoms with Crippen LogP contribution in [0.5, 0.6) is 0 Å². The van der Waals surface area contributed by atoms with Crippen molar-refractivity contribution >= 4 is 27.8 Å². The van der Waals surface area contributed by atoms with Gasteiger partial charge in [0.2, 0.25) is 6.41 Å². The molecule has 3 heteroatoms. The maximum atomic E-state index is 9.73. The zero-order chi connectivity index (χ0) is 13.1. The van der Waals surface area contributed by atoms with Gasteiger partial charge in [0.15, 0.2) is 0 Å². The number of rotatable bonds is 6. The molecular formula is C15H21NOS. The van der Waals surface area contributed by atoms with Gasteiger partial charge in [0.25, 0.3) is 0 Å². The molecule has 1 aromatic carbocycles. The molecule has 0 unspecified atom stereocenters. The fraction of sp³-hybridized carbons (Fsp3) is 0.400. The zero-order valence-corrected chi connectivity index (χ0v) is 11.7. The number of benzene rings is 1. The molecule has 0 bridgehead atoms. The summed E-state index contributed by atoms with van der Waals surface area (Å²) in [7, 11) is 0. The van der Waals surface area contributed by atoms with E-state index in [0.717, 1.165) is 19.4 Å². The van der Waals surface area contributed by atoms with Crippen LogP contribution in [0, 0.1) is 0 Å². The summed E-state index contributed by atoms with van der Waals surface area (Å²) in [6, 6.07) is 10.5. The molecule has 0 fully saturated rings. The molecule has 2 aromatic rings. The van der Waals surface area contributed by atoms with Gasteiger partial charge in [0, 0.05) is 11.2 Å². The molecule has 1 amide bonds. The standard InChI is InChI=1S/C8H6S.C7H15NO/c1-2-4-8-7(3-1)5-6-9-8;1-2-3-4-5-6-8-7-9/h1-6H;7H,2-6H2,1H3,(H,8,9). The van der Waals surface area contributed by atoms with Crippen LogP contribution < -0.4 is 5.32 Å². The van der Waals surface area contributed by atoms with E-state index in [9.17, 15) is 4.79 Å². The maximum Gasteiger partial charge on any atom is 0.207 e. The lowest BCUT2D eigenvalue weighted by molar-refractivity contribution is -0.109. The van der Waals surface area contributed by atoms with Gasteiger partial charge in [-0.25, -0.2) is 0 Å². The van der Waals surface area contributed by atoms with Crippen LogP contribution in [0.2, 0.25) is 0 Å². The average Bonchev–Trinajstić information content (AvgIpc) is 2.88. The monoisotopic (exact) mass is 263 g/mol. The van der Waals surface area contributed by atoms with E-state index in [0.29, 0.717) is 0 Å². The number of carbonyl (C=O) groups is 1. The minimum Gasteiger partial charge on any atom is -0.359 e. The maximum absolute atomic E-state index is 9.73. The topological polar surface area (TPSA) is 29.1 Å². The molecule has 1 aromatic heterocycles. The van der Waals surface area contributed by atoms with Crippen molar-refractivity contribution in [2.75, 3.05) is 6.54 Å². The molecule has 18 heavy (non-hydrogen) atoms. The molecule has 1 N–H and O–H groups in total. The molecule has 0 aliphatic rings. The molecule has 0 spiro atoms. The van der Waals surface area contributed by atoms with Gasteiger partial charge in [0.05, 0.1) is 0 Å². The largest absolute Gasteiger partial charge is 0.359 e. The predicted molar refractivity (Wildman–Crippen MR) is 80.0 cm³/mol. The van der Waals surface area contributed by atoms with Crippen LogP contribution in [0.4, 0.5) is 0 Å². The minimum atomic E-state index is 0.756.